The Bertz CT molecular complexity index is 549. The maximum Gasteiger partial charge on any atom is 0.0628 e. The molecule has 1 unspecified atom stereocenters. The maximum absolute atomic E-state index is 6.21. The number of hydrogen-bond acceptors (Lipinski definition) is 1. The summed E-state index contributed by atoms with van der Waals surface area (Å²) in [6, 6.07) is 10.4. The van der Waals surface area contributed by atoms with Crippen molar-refractivity contribution in [3.8, 4) is 0 Å². The van der Waals surface area contributed by atoms with Crippen LogP contribution in [0.2, 0.25) is 5.02 Å². The number of aromatic nitrogens is 2. The number of hydrogen-bond donors (Lipinski definition) is 0. The van der Waals surface area contributed by atoms with E-state index >= 15 is 0 Å². The van der Waals surface area contributed by atoms with Crippen molar-refractivity contribution in [3.63, 3.8) is 0 Å². The zero-order valence-electron chi connectivity index (χ0n) is 11.9. The van der Waals surface area contributed by atoms with Crippen LogP contribution in [0.3, 0.4) is 0 Å². The van der Waals surface area contributed by atoms with E-state index in [-0.39, 0.29) is 0 Å². The second-order valence-corrected chi connectivity index (χ2v) is 6.12. The van der Waals surface area contributed by atoms with Gasteiger partial charge >= 0.3 is 0 Å². The van der Waals surface area contributed by atoms with E-state index in [1.54, 1.807) is 0 Å². The molecule has 4 heteroatoms. The van der Waals surface area contributed by atoms with Crippen LogP contribution in [-0.2, 0) is 12.8 Å². The van der Waals surface area contributed by atoms with E-state index in [0.29, 0.717) is 17.8 Å². The average molecular weight is 311 g/mol. The summed E-state index contributed by atoms with van der Waals surface area (Å²) >= 11 is 12.3. The maximum atomic E-state index is 6.21. The molecule has 0 bridgehead atoms. The molecule has 1 aromatic carbocycles. The van der Waals surface area contributed by atoms with Crippen LogP contribution in [0.1, 0.15) is 31.1 Å². The largest absolute Gasteiger partial charge is 0.270 e. The molecule has 0 aliphatic rings. The van der Waals surface area contributed by atoms with Crippen molar-refractivity contribution < 1.29 is 0 Å². The van der Waals surface area contributed by atoms with Gasteiger partial charge in [-0.15, -0.1) is 11.6 Å². The lowest BCUT2D eigenvalue weighted by molar-refractivity contribution is 0.511. The van der Waals surface area contributed by atoms with Gasteiger partial charge in [0.25, 0.3) is 0 Å². The second-order valence-electron chi connectivity index (χ2n) is 5.40. The van der Waals surface area contributed by atoms with Gasteiger partial charge in [0.2, 0.25) is 0 Å². The quantitative estimate of drug-likeness (QED) is 0.703. The summed E-state index contributed by atoms with van der Waals surface area (Å²) in [4.78, 5) is 0. The molecule has 2 rings (SSSR count). The Balaban J connectivity index is 2.03. The van der Waals surface area contributed by atoms with Crippen LogP contribution < -0.4 is 0 Å². The van der Waals surface area contributed by atoms with Gasteiger partial charge in [0.1, 0.15) is 0 Å². The summed E-state index contributed by atoms with van der Waals surface area (Å²) in [6.45, 7) is 4.25. The third kappa shape index (κ3) is 4.00. The van der Waals surface area contributed by atoms with Gasteiger partial charge in [-0.2, -0.15) is 5.10 Å². The lowest BCUT2D eigenvalue weighted by Gasteiger charge is -2.13. The summed E-state index contributed by atoms with van der Waals surface area (Å²) < 4.78 is 1.98. The molecule has 0 radical (unpaired) electrons. The minimum atomic E-state index is 0.354. The molecule has 108 valence electrons. The number of benzene rings is 1. The Morgan fingerprint density at radius 3 is 2.50 bits per heavy atom. The van der Waals surface area contributed by atoms with E-state index in [4.69, 9.17) is 23.2 Å². The Morgan fingerprint density at radius 1 is 1.15 bits per heavy atom. The highest BCUT2D eigenvalue weighted by atomic mass is 35.5. The minimum Gasteiger partial charge on any atom is -0.270 e. The first-order valence-electron chi connectivity index (χ1n) is 6.93. The SMILES string of the molecule is CC(C)n1ccc(CC(CCl)Cc2ccccc2Cl)n1. The standard InChI is InChI=1S/C16H20Cl2N2/c1-12(2)20-8-7-15(19-20)10-13(11-17)9-14-5-3-4-6-16(14)18/h3-8,12-13H,9-11H2,1-2H3. The van der Waals surface area contributed by atoms with Crippen molar-refractivity contribution in [2.24, 2.45) is 5.92 Å². The number of alkyl halides is 1. The first kappa shape index (κ1) is 15.4. The molecule has 0 aliphatic heterocycles. The second kappa shape index (κ2) is 7.14. The summed E-state index contributed by atoms with van der Waals surface area (Å²) in [5, 5.41) is 5.40. The van der Waals surface area contributed by atoms with Gasteiger partial charge < -0.3 is 0 Å². The highest BCUT2D eigenvalue weighted by Gasteiger charge is 2.13. The third-order valence-corrected chi connectivity index (χ3v) is 4.18. The lowest BCUT2D eigenvalue weighted by atomic mass is 9.96. The van der Waals surface area contributed by atoms with Crippen LogP contribution >= 0.6 is 23.2 Å². The molecular weight excluding hydrogens is 291 g/mol. The van der Waals surface area contributed by atoms with E-state index in [1.165, 1.54) is 0 Å². The zero-order valence-corrected chi connectivity index (χ0v) is 13.4. The highest BCUT2D eigenvalue weighted by Crippen LogP contribution is 2.21. The summed E-state index contributed by atoms with van der Waals surface area (Å²) in [5.41, 5.74) is 2.25. The van der Waals surface area contributed by atoms with E-state index in [2.05, 4.69) is 31.1 Å². The average Bonchev–Trinajstić information content (AvgIpc) is 2.89. The first-order chi connectivity index (χ1) is 9.60. The van der Waals surface area contributed by atoms with Crippen molar-refractivity contribution in [1.29, 1.82) is 0 Å². The number of rotatable bonds is 6. The first-order valence-corrected chi connectivity index (χ1v) is 7.84. The molecule has 1 heterocycles. The van der Waals surface area contributed by atoms with Gasteiger partial charge in [-0.05, 0) is 50.3 Å². The fraction of sp³-hybridized carbons (Fsp3) is 0.438. The van der Waals surface area contributed by atoms with Crippen molar-refractivity contribution >= 4 is 23.2 Å². The van der Waals surface area contributed by atoms with Crippen molar-refractivity contribution in [1.82, 2.24) is 9.78 Å². The van der Waals surface area contributed by atoms with Crippen molar-refractivity contribution in [3.05, 3.63) is 52.8 Å². The van der Waals surface area contributed by atoms with Gasteiger partial charge in [-0.3, -0.25) is 4.68 Å². The van der Waals surface area contributed by atoms with Gasteiger partial charge in [0.05, 0.1) is 5.69 Å². The number of halogens is 2. The lowest BCUT2D eigenvalue weighted by Crippen LogP contribution is -2.11. The summed E-state index contributed by atoms with van der Waals surface area (Å²) in [5.74, 6) is 0.965. The Kier molecular flexibility index (Phi) is 5.50. The molecule has 20 heavy (non-hydrogen) atoms. The summed E-state index contributed by atoms with van der Waals surface area (Å²) in [6.07, 6.45) is 3.80. The molecule has 0 saturated heterocycles. The fourth-order valence-electron chi connectivity index (χ4n) is 2.23. The van der Waals surface area contributed by atoms with Crippen LogP contribution in [0, 0.1) is 5.92 Å². The third-order valence-electron chi connectivity index (χ3n) is 3.38. The van der Waals surface area contributed by atoms with Gasteiger partial charge in [-0.25, -0.2) is 0 Å². The van der Waals surface area contributed by atoms with E-state index in [9.17, 15) is 0 Å². The molecule has 0 spiro atoms. The minimum absolute atomic E-state index is 0.354. The van der Waals surface area contributed by atoms with Crippen LogP contribution in [0.15, 0.2) is 36.5 Å². The normalized spacial score (nSPS) is 12.8. The zero-order chi connectivity index (χ0) is 14.5. The predicted octanol–water partition coefficient (Wildman–Crippen LogP) is 4.76. The molecule has 0 aliphatic carbocycles. The highest BCUT2D eigenvalue weighted by molar-refractivity contribution is 6.31. The van der Waals surface area contributed by atoms with Crippen molar-refractivity contribution in [2.45, 2.75) is 32.7 Å². The van der Waals surface area contributed by atoms with Crippen LogP contribution in [0.4, 0.5) is 0 Å². The molecule has 0 saturated carbocycles. The number of nitrogens with zero attached hydrogens (tertiary/aromatic N) is 2. The topological polar surface area (TPSA) is 17.8 Å². The Hall–Kier alpha value is -0.990. The van der Waals surface area contributed by atoms with Crippen LogP contribution in [-0.4, -0.2) is 15.7 Å². The molecule has 2 nitrogen and oxygen atoms in total. The summed E-state index contributed by atoms with van der Waals surface area (Å²) in [7, 11) is 0. The van der Waals surface area contributed by atoms with Gasteiger partial charge in [0, 0.05) is 23.1 Å². The smallest absolute Gasteiger partial charge is 0.0628 e. The Labute approximate surface area is 130 Å². The van der Waals surface area contributed by atoms with E-state index in [0.717, 1.165) is 29.1 Å². The molecule has 0 fully saturated rings. The molecule has 0 N–H and O–H groups in total. The van der Waals surface area contributed by atoms with Crippen molar-refractivity contribution in [2.75, 3.05) is 5.88 Å². The molecule has 1 aromatic heterocycles. The Morgan fingerprint density at radius 2 is 1.90 bits per heavy atom. The molecule has 2 aromatic rings. The van der Waals surface area contributed by atoms with Crippen LogP contribution in [0.5, 0.6) is 0 Å². The molecule has 0 amide bonds. The van der Waals surface area contributed by atoms with E-state index in [1.807, 2.05) is 29.1 Å². The van der Waals surface area contributed by atoms with Gasteiger partial charge in [-0.1, -0.05) is 29.8 Å². The van der Waals surface area contributed by atoms with Crippen LogP contribution in [0.25, 0.3) is 0 Å². The predicted molar refractivity (Wildman–Crippen MR) is 85.7 cm³/mol. The monoisotopic (exact) mass is 310 g/mol. The molecular formula is C16H20Cl2N2. The van der Waals surface area contributed by atoms with E-state index < -0.39 is 0 Å². The van der Waals surface area contributed by atoms with Gasteiger partial charge in [0.15, 0.2) is 0 Å². The fourth-order valence-corrected chi connectivity index (χ4v) is 2.66. The molecule has 1 atom stereocenters.